The largest absolute Gasteiger partial charge is 0.315 e. The molecule has 0 bridgehead atoms. The maximum Gasteiger partial charge on any atom is 0.0229 e. The first-order chi connectivity index (χ1) is 7.24. The number of rotatable bonds is 7. The molecule has 1 rings (SSSR count). The number of unbranched alkanes of at least 4 members (excludes halogenated alkanes) is 1. The highest BCUT2D eigenvalue weighted by atomic mass is 15.2. The van der Waals surface area contributed by atoms with E-state index >= 15 is 0 Å². The van der Waals surface area contributed by atoms with Crippen molar-refractivity contribution in [2.75, 3.05) is 46.8 Å². The van der Waals surface area contributed by atoms with Crippen molar-refractivity contribution in [3.8, 4) is 0 Å². The molecule has 1 N–H and O–H groups in total. The van der Waals surface area contributed by atoms with Gasteiger partial charge >= 0.3 is 0 Å². The summed E-state index contributed by atoms with van der Waals surface area (Å²) in [5.41, 5.74) is 0. The summed E-state index contributed by atoms with van der Waals surface area (Å²) in [6.45, 7) is 8.32. The van der Waals surface area contributed by atoms with E-state index < -0.39 is 0 Å². The summed E-state index contributed by atoms with van der Waals surface area (Å²) in [6.07, 6.45) is 3.93. The van der Waals surface area contributed by atoms with Crippen LogP contribution >= 0.6 is 0 Å². The van der Waals surface area contributed by atoms with Crippen molar-refractivity contribution in [1.82, 2.24) is 15.1 Å². The van der Waals surface area contributed by atoms with E-state index in [-0.39, 0.29) is 0 Å². The smallest absolute Gasteiger partial charge is 0.0229 e. The van der Waals surface area contributed by atoms with E-state index in [1.165, 1.54) is 45.4 Å². The molecule has 0 radical (unpaired) electrons. The first-order valence-electron chi connectivity index (χ1n) is 6.33. The highest BCUT2D eigenvalue weighted by Gasteiger charge is 2.22. The van der Waals surface area contributed by atoms with Gasteiger partial charge in [-0.15, -0.1) is 0 Å². The predicted octanol–water partition coefficient (Wildman–Crippen LogP) is 1.01. The van der Waals surface area contributed by atoms with Gasteiger partial charge in [-0.2, -0.15) is 0 Å². The molecule has 3 nitrogen and oxygen atoms in total. The monoisotopic (exact) mass is 213 g/mol. The molecule has 0 amide bonds. The fraction of sp³-hybridized carbons (Fsp3) is 1.00. The molecule has 90 valence electrons. The lowest BCUT2D eigenvalue weighted by molar-refractivity contribution is 0.268. The zero-order valence-electron chi connectivity index (χ0n) is 10.6. The average Bonchev–Trinajstić information content (AvgIpc) is 2.66. The molecule has 0 aromatic carbocycles. The van der Waals surface area contributed by atoms with E-state index in [1.807, 2.05) is 0 Å². The van der Waals surface area contributed by atoms with Gasteiger partial charge in [0.2, 0.25) is 0 Å². The van der Waals surface area contributed by atoms with Crippen LogP contribution in [0.2, 0.25) is 0 Å². The van der Waals surface area contributed by atoms with Gasteiger partial charge in [-0.25, -0.2) is 0 Å². The lowest BCUT2D eigenvalue weighted by Gasteiger charge is -2.20. The lowest BCUT2D eigenvalue weighted by atomic mass is 10.2. The van der Waals surface area contributed by atoms with E-state index in [9.17, 15) is 0 Å². The van der Waals surface area contributed by atoms with Crippen molar-refractivity contribution >= 4 is 0 Å². The number of likely N-dealkylation sites (tertiary alicyclic amines) is 1. The first-order valence-corrected chi connectivity index (χ1v) is 6.33. The summed E-state index contributed by atoms with van der Waals surface area (Å²) >= 11 is 0. The molecular weight excluding hydrogens is 186 g/mol. The molecule has 0 spiro atoms. The lowest BCUT2D eigenvalue weighted by Crippen LogP contribution is -2.34. The second kappa shape index (κ2) is 7.20. The van der Waals surface area contributed by atoms with Gasteiger partial charge in [-0.1, -0.05) is 13.3 Å². The molecular formula is C12H27N3. The summed E-state index contributed by atoms with van der Waals surface area (Å²) in [6, 6.07) is 0.778. The third-order valence-corrected chi connectivity index (χ3v) is 3.29. The van der Waals surface area contributed by atoms with Crippen molar-refractivity contribution in [2.45, 2.75) is 32.2 Å². The highest BCUT2D eigenvalue weighted by Crippen LogP contribution is 2.11. The van der Waals surface area contributed by atoms with Crippen LogP contribution in [-0.4, -0.2) is 62.7 Å². The molecule has 1 aliphatic rings. The molecule has 1 unspecified atom stereocenters. The standard InChI is InChI=1S/C12H27N3/c1-4-5-7-13-8-10-15-9-6-12(11-15)14(2)3/h12-13H,4-11H2,1-3H3. The molecule has 1 saturated heterocycles. The number of nitrogens with one attached hydrogen (secondary N) is 1. The molecule has 0 aromatic heterocycles. The molecule has 0 saturated carbocycles. The van der Waals surface area contributed by atoms with Gasteiger partial charge in [0.25, 0.3) is 0 Å². The summed E-state index contributed by atoms with van der Waals surface area (Å²) in [4.78, 5) is 4.92. The molecule has 15 heavy (non-hydrogen) atoms. The maximum atomic E-state index is 3.50. The first kappa shape index (κ1) is 12.9. The van der Waals surface area contributed by atoms with Crippen LogP contribution in [0.25, 0.3) is 0 Å². The normalized spacial score (nSPS) is 22.8. The molecule has 1 fully saturated rings. The topological polar surface area (TPSA) is 18.5 Å². The Morgan fingerprint density at radius 1 is 1.33 bits per heavy atom. The van der Waals surface area contributed by atoms with E-state index in [1.54, 1.807) is 0 Å². The van der Waals surface area contributed by atoms with Crippen LogP contribution < -0.4 is 5.32 Å². The zero-order valence-corrected chi connectivity index (χ0v) is 10.6. The van der Waals surface area contributed by atoms with Crippen molar-refractivity contribution in [1.29, 1.82) is 0 Å². The third kappa shape index (κ3) is 4.96. The minimum absolute atomic E-state index is 0.778. The minimum Gasteiger partial charge on any atom is -0.315 e. The average molecular weight is 213 g/mol. The predicted molar refractivity (Wildman–Crippen MR) is 66.3 cm³/mol. The quantitative estimate of drug-likeness (QED) is 0.637. The maximum absolute atomic E-state index is 3.50. The number of nitrogens with zero attached hydrogens (tertiary/aromatic N) is 2. The van der Waals surface area contributed by atoms with Crippen LogP contribution in [-0.2, 0) is 0 Å². The van der Waals surface area contributed by atoms with Crippen LogP contribution in [0.3, 0.4) is 0 Å². The van der Waals surface area contributed by atoms with E-state index in [0.717, 1.165) is 12.6 Å². The van der Waals surface area contributed by atoms with Crippen molar-refractivity contribution in [2.24, 2.45) is 0 Å². The fourth-order valence-electron chi connectivity index (χ4n) is 2.10. The van der Waals surface area contributed by atoms with Crippen LogP contribution in [0.4, 0.5) is 0 Å². The van der Waals surface area contributed by atoms with Gasteiger partial charge in [0.05, 0.1) is 0 Å². The molecule has 0 aliphatic carbocycles. The summed E-state index contributed by atoms with van der Waals surface area (Å²) in [5, 5.41) is 3.50. The minimum atomic E-state index is 0.778. The molecule has 0 aromatic rings. The fourth-order valence-corrected chi connectivity index (χ4v) is 2.10. The Bertz CT molecular complexity index is 159. The van der Waals surface area contributed by atoms with Gasteiger partial charge < -0.3 is 15.1 Å². The van der Waals surface area contributed by atoms with Crippen molar-refractivity contribution in [3.05, 3.63) is 0 Å². The number of hydrogen-bond acceptors (Lipinski definition) is 3. The zero-order chi connectivity index (χ0) is 11.1. The Kier molecular flexibility index (Phi) is 6.22. The summed E-state index contributed by atoms with van der Waals surface area (Å²) in [7, 11) is 4.38. The molecule has 3 heteroatoms. The summed E-state index contributed by atoms with van der Waals surface area (Å²) in [5.74, 6) is 0. The molecule has 1 atom stereocenters. The van der Waals surface area contributed by atoms with Crippen molar-refractivity contribution < 1.29 is 0 Å². The Morgan fingerprint density at radius 3 is 2.73 bits per heavy atom. The van der Waals surface area contributed by atoms with Gasteiger partial charge in [0.1, 0.15) is 0 Å². The second-order valence-electron chi connectivity index (χ2n) is 4.81. The summed E-state index contributed by atoms with van der Waals surface area (Å²) < 4.78 is 0. The molecule has 1 aliphatic heterocycles. The van der Waals surface area contributed by atoms with E-state index in [2.05, 4.69) is 36.1 Å². The van der Waals surface area contributed by atoms with E-state index in [0.29, 0.717) is 0 Å². The second-order valence-corrected chi connectivity index (χ2v) is 4.81. The van der Waals surface area contributed by atoms with Gasteiger partial charge in [0.15, 0.2) is 0 Å². The Labute approximate surface area is 94.8 Å². The Balaban J connectivity index is 1.99. The van der Waals surface area contributed by atoms with Crippen LogP contribution in [0.5, 0.6) is 0 Å². The van der Waals surface area contributed by atoms with Gasteiger partial charge in [-0.3, -0.25) is 0 Å². The Hall–Kier alpha value is -0.120. The van der Waals surface area contributed by atoms with Crippen LogP contribution in [0, 0.1) is 0 Å². The van der Waals surface area contributed by atoms with Crippen LogP contribution in [0.15, 0.2) is 0 Å². The van der Waals surface area contributed by atoms with Crippen LogP contribution in [0.1, 0.15) is 26.2 Å². The van der Waals surface area contributed by atoms with Crippen molar-refractivity contribution in [3.63, 3.8) is 0 Å². The highest BCUT2D eigenvalue weighted by molar-refractivity contribution is 4.80. The molecule has 1 heterocycles. The van der Waals surface area contributed by atoms with E-state index in [4.69, 9.17) is 0 Å². The SMILES string of the molecule is CCCCNCCN1CCC(N(C)C)C1. The Morgan fingerprint density at radius 2 is 2.13 bits per heavy atom. The number of likely N-dealkylation sites (N-methyl/N-ethyl adjacent to an activating group) is 1. The number of hydrogen-bond donors (Lipinski definition) is 1. The van der Waals surface area contributed by atoms with Gasteiger partial charge in [0, 0.05) is 25.7 Å². The van der Waals surface area contributed by atoms with Gasteiger partial charge in [-0.05, 0) is 40.0 Å². The third-order valence-electron chi connectivity index (χ3n) is 3.29.